The molecule has 0 fully saturated rings. The summed E-state index contributed by atoms with van der Waals surface area (Å²) in [6.45, 7) is 2.01. The number of esters is 1. The maximum atomic E-state index is 11.4. The van der Waals surface area contributed by atoms with Crippen molar-refractivity contribution in [3.05, 3.63) is 71.3 Å². The van der Waals surface area contributed by atoms with Gasteiger partial charge in [-0.15, -0.1) is 0 Å². The molecule has 0 saturated carbocycles. The summed E-state index contributed by atoms with van der Waals surface area (Å²) >= 11 is 0. The molecule has 0 aliphatic carbocycles. The highest BCUT2D eigenvalue weighted by Gasteiger charge is 2.16. The van der Waals surface area contributed by atoms with Crippen molar-refractivity contribution in [1.82, 2.24) is 0 Å². The second-order valence-corrected chi connectivity index (χ2v) is 4.95. The number of aliphatic hydroxyl groups excluding tert-OH is 1. The minimum Gasteiger partial charge on any atom is -0.464 e. The average Bonchev–Trinajstić information content (AvgIpc) is 2.50. The van der Waals surface area contributed by atoms with Crippen LogP contribution in [0.15, 0.2) is 54.6 Å². The van der Waals surface area contributed by atoms with Crippen molar-refractivity contribution in [3.63, 3.8) is 0 Å². The molecule has 2 aromatic rings. The monoisotopic (exact) mass is 284 g/mol. The fourth-order valence-electron chi connectivity index (χ4n) is 2.17. The molecule has 0 radical (unpaired) electrons. The molecule has 21 heavy (non-hydrogen) atoms. The van der Waals surface area contributed by atoms with E-state index in [0.29, 0.717) is 0 Å². The predicted octanol–water partition coefficient (Wildman–Crippen LogP) is 2.74. The van der Waals surface area contributed by atoms with Crippen LogP contribution in [0.1, 0.15) is 23.6 Å². The van der Waals surface area contributed by atoms with Crippen LogP contribution in [0.3, 0.4) is 0 Å². The van der Waals surface area contributed by atoms with Crippen LogP contribution in [-0.2, 0) is 22.4 Å². The van der Waals surface area contributed by atoms with Gasteiger partial charge in [0.1, 0.15) is 0 Å². The van der Waals surface area contributed by atoms with E-state index < -0.39 is 12.1 Å². The Labute approximate surface area is 125 Å². The number of hydrogen-bond donors (Lipinski definition) is 1. The third kappa shape index (κ3) is 4.72. The summed E-state index contributed by atoms with van der Waals surface area (Å²) in [5.74, 6) is -0.564. The number of carbonyl (C=O) groups excluding carboxylic acids is 1. The zero-order valence-corrected chi connectivity index (χ0v) is 12.2. The van der Waals surface area contributed by atoms with Gasteiger partial charge in [0, 0.05) is 6.42 Å². The van der Waals surface area contributed by atoms with E-state index in [4.69, 9.17) is 4.74 Å². The van der Waals surface area contributed by atoms with Crippen LogP contribution in [0.2, 0.25) is 0 Å². The molecule has 3 nitrogen and oxygen atoms in total. The van der Waals surface area contributed by atoms with Crippen LogP contribution >= 0.6 is 0 Å². The normalized spacial score (nSPS) is 11.9. The van der Waals surface area contributed by atoms with Crippen molar-refractivity contribution in [2.45, 2.75) is 25.9 Å². The summed E-state index contributed by atoms with van der Waals surface area (Å²) in [5, 5.41) is 9.73. The topological polar surface area (TPSA) is 46.5 Å². The Bertz CT molecular complexity index is 561. The first-order valence-electron chi connectivity index (χ1n) is 7.15. The Morgan fingerprint density at radius 2 is 1.57 bits per heavy atom. The minimum atomic E-state index is -1.09. The van der Waals surface area contributed by atoms with Crippen LogP contribution in [0, 0.1) is 0 Å². The molecule has 0 aliphatic rings. The van der Waals surface area contributed by atoms with Crippen LogP contribution in [0.5, 0.6) is 0 Å². The Morgan fingerprint density at radius 1 is 1.00 bits per heavy atom. The molecular weight excluding hydrogens is 264 g/mol. The summed E-state index contributed by atoms with van der Waals surface area (Å²) in [6.07, 6.45) is 0.0661. The van der Waals surface area contributed by atoms with Gasteiger partial charge in [0.2, 0.25) is 0 Å². The highest BCUT2D eigenvalue weighted by molar-refractivity contribution is 5.74. The fourth-order valence-corrected chi connectivity index (χ4v) is 2.17. The third-order valence-corrected chi connectivity index (χ3v) is 3.26. The molecule has 0 bridgehead atoms. The van der Waals surface area contributed by atoms with Gasteiger partial charge < -0.3 is 9.84 Å². The Kier molecular flexibility index (Phi) is 5.52. The summed E-state index contributed by atoms with van der Waals surface area (Å²) in [5.41, 5.74) is 3.39. The van der Waals surface area contributed by atoms with E-state index in [0.717, 1.165) is 12.0 Å². The van der Waals surface area contributed by atoms with Crippen molar-refractivity contribution in [2.24, 2.45) is 0 Å². The molecule has 0 saturated heterocycles. The average molecular weight is 284 g/mol. The quantitative estimate of drug-likeness (QED) is 0.830. The molecule has 0 aromatic heterocycles. The second kappa shape index (κ2) is 7.60. The van der Waals surface area contributed by atoms with E-state index in [-0.39, 0.29) is 13.0 Å². The number of benzene rings is 2. The fraction of sp³-hybridized carbons (Fsp3) is 0.278. The lowest BCUT2D eigenvalue weighted by Gasteiger charge is -2.10. The molecule has 0 aliphatic heterocycles. The zero-order chi connectivity index (χ0) is 15.1. The number of aliphatic hydroxyl groups is 1. The van der Waals surface area contributed by atoms with Gasteiger partial charge in [0.15, 0.2) is 6.10 Å². The molecule has 0 heterocycles. The largest absolute Gasteiger partial charge is 0.464 e. The van der Waals surface area contributed by atoms with Gasteiger partial charge in [-0.1, -0.05) is 54.6 Å². The molecule has 3 heteroatoms. The molecular formula is C18H20O3. The van der Waals surface area contributed by atoms with E-state index in [2.05, 4.69) is 12.1 Å². The Morgan fingerprint density at radius 3 is 2.19 bits per heavy atom. The van der Waals surface area contributed by atoms with Crippen molar-refractivity contribution in [1.29, 1.82) is 0 Å². The van der Waals surface area contributed by atoms with E-state index in [1.807, 2.05) is 42.5 Å². The number of hydrogen-bond acceptors (Lipinski definition) is 3. The molecule has 1 N–H and O–H groups in total. The number of ether oxygens (including phenoxy) is 1. The van der Waals surface area contributed by atoms with Gasteiger partial charge >= 0.3 is 5.97 Å². The van der Waals surface area contributed by atoms with E-state index in [9.17, 15) is 9.90 Å². The lowest BCUT2D eigenvalue weighted by molar-refractivity contribution is -0.152. The van der Waals surface area contributed by atoms with E-state index in [1.165, 1.54) is 11.1 Å². The van der Waals surface area contributed by atoms with Crippen molar-refractivity contribution in [2.75, 3.05) is 6.61 Å². The second-order valence-electron chi connectivity index (χ2n) is 4.95. The standard InChI is InChI=1S/C18H20O3/c1-2-21-18(20)17(19)13-16-10-8-15(9-11-16)12-14-6-4-3-5-7-14/h3-11,17,19H,2,12-13H2,1H3. The molecule has 2 aromatic carbocycles. The van der Waals surface area contributed by atoms with Crippen molar-refractivity contribution in [3.8, 4) is 0 Å². The highest BCUT2D eigenvalue weighted by atomic mass is 16.5. The van der Waals surface area contributed by atoms with E-state index in [1.54, 1.807) is 6.92 Å². The predicted molar refractivity (Wildman–Crippen MR) is 82.0 cm³/mol. The first-order valence-corrected chi connectivity index (χ1v) is 7.15. The maximum Gasteiger partial charge on any atom is 0.335 e. The Hall–Kier alpha value is -2.13. The Balaban J connectivity index is 1.94. The van der Waals surface area contributed by atoms with Gasteiger partial charge in [0.25, 0.3) is 0 Å². The SMILES string of the molecule is CCOC(=O)C(O)Cc1ccc(Cc2ccccc2)cc1. The van der Waals surface area contributed by atoms with Crippen LogP contribution < -0.4 is 0 Å². The summed E-state index contributed by atoms with van der Waals surface area (Å²) in [7, 11) is 0. The zero-order valence-electron chi connectivity index (χ0n) is 12.2. The third-order valence-electron chi connectivity index (χ3n) is 3.26. The van der Waals surface area contributed by atoms with E-state index >= 15 is 0 Å². The molecule has 2 rings (SSSR count). The van der Waals surface area contributed by atoms with Gasteiger partial charge in [-0.25, -0.2) is 4.79 Å². The first kappa shape index (κ1) is 15.3. The van der Waals surface area contributed by atoms with Gasteiger partial charge in [-0.3, -0.25) is 0 Å². The minimum absolute atomic E-state index is 0.282. The lowest BCUT2D eigenvalue weighted by Crippen LogP contribution is -2.25. The summed E-state index contributed by atoms with van der Waals surface area (Å²) in [6, 6.07) is 18.2. The van der Waals surface area contributed by atoms with Crippen molar-refractivity contribution >= 4 is 5.97 Å². The molecule has 0 spiro atoms. The molecule has 1 unspecified atom stereocenters. The number of carbonyl (C=O) groups is 1. The van der Waals surface area contributed by atoms with Crippen LogP contribution in [0.25, 0.3) is 0 Å². The van der Waals surface area contributed by atoms with Crippen molar-refractivity contribution < 1.29 is 14.6 Å². The summed E-state index contributed by atoms with van der Waals surface area (Å²) < 4.78 is 4.79. The molecule has 0 amide bonds. The van der Waals surface area contributed by atoms with Gasteiger partial charge in [-0.2, -0.15) is 0 Å². The van der Waals surface area contributed by atoms with Gasteiger partial charge in [-0.05, 0) is 30.0 Å². The molecule has 110 valence electrons. The lowest BCUT2D eigenvalue weighted by atomic mass is 10.0. The summed E-state index contributed by atoms with van der Waals surface area (Å²) in [4.78, 5) is 11.4. The first-order chi connectivity index (χ1) is 10.2. The smallest absolute Gasteiger partial charge is 0.335 e. The molecule has 1 atom stereocenters. The highest BCUT2D eigenvalue weighted by Crippen LogP contribution is 2.12. The van der Waals surface area contributed by atoms with Gasteiger partial charge in [0.05, 0.1) is 6.61 Å². The van der Waals surface area contributed by atoms with Crippen LogP contribution in [0.4, 0.5) is 0 Å². The van der Waals surface area contributed by atoms with Crippen LogP contribution in [-0.4, -0.2) is 23.8 Å². The number of rotatable bonds is 6. The maximum absolute atomic E-state index is 11.4.